The Labute approximate surface area is 150 Å². The maximum atomic E-state index is 13.4. The van der Waals surface area contributed by atoms with Crippen molar-refractivity contribution in [1.82, 2.24) is 0 Å². The molecule has 1 aliphatic rings. The zero-order valence-electron chi connectivity index (χ0n) is 14.1. The average molecular weight is 358 g/mol. The number of benzene rings is 2. The van der Waals surface area contributed by atoms with E-state index in [1.165, 1.54) is 36.7 Å². The molecule has 0 amide bonds. The monoisotopic (exact) mass is 358 g/mol. The Hall–Kier alpha value is -2.76. The van der Waals surface area contributed by atoms with Crippen molar-refractivity contribution in [1.29, 1.82) is 0 Å². The lowest BCUT2D eigenvalue weighted by molar-refractivity contribution is 0.389. The lowest BCUT2D eigenvalue weighted by Crippen LogP contribution is -2.27. The molecule has 0 saturated heterocycles. The molecule has 1 aliphatic carbocycles. The summed E-state index contributed by atoms with van der Waals surface area (Å²) in [5.41, 5.74) is 0.641. The Kier molecular flexibility index (Phi) is 5.61. The Morgan fingerprint density at radius 1 is 0.769 bits per heavy atom. The molecule has 2 aromatic rings. The van der Waals surface area contributed by atoms with E-state index in [0.29, 0.717) is 11.1 Å². The van der Waals surface area contributed by atoms with Crippen molar-refractivity contribution in [3.8, 4) is 11.5 Å². The lowest BCUT2D eigenvalue weighted by Gasteiger charge is -2.25. The number of aliphatic imine (C=N–C) groups is 2. The molecule has 1 fully saturated rings. The van der Waals surface area contributed by atoms with E-state index >= 15 is 0 Å². The number of nitrogens with zero attached hydrogens (tertiary/aromatic N) is 2. The summed E-state index contributed by atoms with van der Waals surface area (Å²) < 4.78 is 26.8. The van der Waals surface area contributed by atoms with Crippen LogP contribution in [0.5, 0.6) is 11.5 Å². The van der Waals surface area contributed by atoms with Crippen molar-refractivity contribution >= 4 is 12.4 Å². The Balaban J connectivity index is 1.77. The van der Waals surface area contributed by atoms with Gasteiger partial charge in [-0.05, 0) is 37.1 Å². The van der Waals surface area contributed by atoms with Crippen LogP contribution in [0, 0.1) is 11.6 Å². The summed E-state index contributed by atoms with van der Waals surface area (Å²) in [4.78, 5) is 8.97. The van der Waals surface area contributed by atoms with Crippen LogP contribution in [0.2, 0.25) is 0 Å². The van der Waals surface area contributed by atoms with E-state index in [1.54, 1.807) is 12.1 Å². The molecule has 136 valence electrons. The van der Waals surface area contributed by atoms with Gasteiger partial charge in [0, 0.05) is 23.6 Å². The maximum absolute atomic E-state index is 13.4. The predicted molar refractivity (Wildman–Crippen MR) is 97.4 cm³/mol. The molecule has 4 nitrogen and oxygen atoms in total. The van der Waals surface area contributed by atoms with Gasteiger partial charge >= 0.3 is 0 Å². The summed E-state index contributed by atoms with van der Waals surface area (Å²) in [6.45, 7) is 0. The van der Waals surface area contributed by atoms with E-state index in [-0.39, 0.29) is 12.1 Å². The fourth-order valence-electron chi connectivity index (χ4n) is 3.06. The van der Waals surface area contributed by atoms with Crippen LogP contribution in [-0.2, 0) is 0 Å². The molecular formula is C20H20F2N2O2. The molecule has 2 N–H and O–H groups in total. The van der Waals surface area contributed by atoms with Crippen LogP contribution in [0.25, 0.3) is 0 Å². The van der Waals surface area contributed by atoms with Crippen LogP contribution >= 0.6 is 0 Å². The second-order valence-corrected chi connectivity index (χ2v) is 6.33. The third-order valence-electron chi connectivity index (χ3n) is 4.54. The SMILES string of the molecule is Oc1c(F)cccc1C=N[C@@H]1CCCC[C@H]1N=Cc1cccc(F)c1O. The van der Waals surface area contributed by atoms with Crippen molar-refractivity contribution < 1.29 is 19.0 Å². The van der Waals surface area contributed by atoms with Crippen LogP contribution in [0.3, 0.4) is 0 Å². The van der Waals surface area contributed by atoms with Crippen molar-refractivity contribution in [3.05, 3.63) is 59.2 Å². The molecule has 0 aliphatic heterocycles. The number of phenols is 2. The van der Waals surface area contributed by atoms with Crippen LogP contribution < -0.4 is 0 Å². The van der Waals surface area contributed by atoms with Gasteiger partial charge in [-0.15, -0.1) is 0 Å². The Morgan fingerprint density at radius 2 is 1.19 bits per heavy atom. The zero-order chi connectivity index (χ0) is 18.5. The first-order chi connectivity index (χ1) is 12.6. The average Bonchev–Trinajstić information content (AvgIpc) is 2.65. The van der Waals surface area contributed by atoms with Crippen LogP contribution in [0.1, 0.15) is 36.8 Å². The molecule has 0 bridgehead atoms. The summed E-state index contributed by atoms with van der Waals surface area (Å²) in [6, 6.07) is 8.36. The molecule has 0 spiro atoms. The molecule has 2 aromatic carbocycles. The van der Waals surface area contributed by atoms with Gasteiger partial charge in [0.15, 0.2) is 23.1 Å². The largest absolute Gasteiger partial charge is 0.504 e. The molecular weight excluding hydrogens is 338 g/mol. The van der Waals surface area contributed by atoms with Crippen LogP contribution in [-0.4, -0.2) is 34.7 Å². The molecule has 6 heteroatoms. The third-order valence-corrected chi connectivity index (χ3v) is 4.54. The Bertz CT molecular complexity index is 767. The van der Waals surface area contributed by atoms with Gasteiger partial charge in [0.2, 0.25) is 0 Å². The third kappa shape index (κ3) is 4.07. The highest BCUT2D eigenvalue weighted by molar-refractivity contribution is 5.84. The standard InChI is InChI=1S/C20H20F2N2O2/c21-15-7-3-5-13(19(15)25)11-23-17-9-1-2-10-18(17)24-12-14-6-4-8-16(22)20(14)26/h3-8,11-12,17-18,25-26H,1-2,9-10H2/t17-,18-/m1/s1. The van der Waals surface area contributed by atoms with Gasteiger partial charge in [-0.3, -0.25) is 9.98 Å². The molecule has 1 saturated carbocycles. The second-order valence-electron chi connectivity index (χ2n) is 6.33. The van der Waals surface area contributed by atoms with Gasteiger partial charge in [-0.1, -0.05) is 25.0 Å². The molecule has 0 radical (unpaired) electrons. The van der Waals surface area contributed by atoms with E-state index in [9.17, 15) is 19.0 Å². The van der Waals surface area contributed by atoms with Gasteiger partial charge in [-0.2, -0.15) is 0 Å². The number of phenolic OH excluding ortho intramolecular Hbond substituents is 2. The van der Waals surface area contributed by atoms with E-state index in [1.807, 2.05) is 0 Å². The number of aromatic hydroxyl groups is 2. The molecule has 0 unspecified atom stereocenters. The van der Waals surface area contributed by atoms with E-state index in [4.69, 9.17) is 0 Å². The van der Waals surface area contributed by atoms with Gasteiger partial charge < -0.3 is 10.2 Å². The molecule has 26 heavy (non-hydrogen) atoms. The van der Waals surface area contributed by atoms with Crippen LogP contribution in [0.15, 0.2) is 46.4 Å². The molecule has 0 aromatic heterocycles. The van der Waals surface area contributed by atoms with Crippen molar-refractivity contribution in [2.75, 3.05) is 0 Å². The molecule has 3 rings (SSSR count). The highest BCUT2D eigenvalue weighted by Gasteiger charge is 2.23. The van der Waals surface area contributed by atoms with E-state index < -0.39 is 23.1 Å². The summed E-state index contributed by atoms with van der Waals surface area (Å²) >= 11 is 0. The van der Waals surface area contributed by atoms with Crippen molar-refractivity contribution in [2.45, 2.75) is 37.8 Å². The first-order valence-corrected chi connectivity index (χ1v) is 8.57. The number of rotatable bonds is 4. The highest BCUT2D eigenvalue weighted by atomic mass is 19.1. The quantitative estimate of drug-likeness (QED) is 0.804. The molecule has 2 atom stereocenters. The summed E-state index contributed by atoms with van der Waals surface area (Å²) in [5, 5.41) is 19.5. The predicted octanol–water partition coefficient (Wildman–Crippen LogP) is 4.23. The topological polar surface area (TPSA) is 65.2 Å². The second kappa shape index (κ2) is 8.08. The van der Waals surface area contributed by atoms with Crippen molar-refractivity contribution in [3.63, 3.8) is 0 Å². The number of hydrogen-bond donors (Lipinski definition) is 2. The lowest BCUT2D eigenvalue weighted by atomic mass is 9.91. The normalized spacial score (nSPS) is 20.8. The smallest absolute Gasteiger partial charge is 0.165 e. The fourth-order valence-corrected chi connectivity index (χ4v) is 3.06. The number of hydrogen-bond acceptors (Lipinski definition) is 4. The van der Waals surface area contributed by atoms with E-state index in [2.05, 4.69) is 9.98 Å². The van der Waals surface area contributed by atoms with Gasteiger partial charge in [0.25, 0.3) is 0 Å². The minimum Gasteiger partial charge on any atom is -0.504 e. The summed E-state index contributed by atoms with van der Waals surface area (Å²) in [6.07, 6.45) is 6.60. The summed E-state index contributed by atoms with van der Waals surface area (Å²) in [5.74, 6) is -2.21. The van der Waals surface area contributed by atoms with Crippen molar-refractivity contribution in [2.24, 2.45) is 9.98 Å². The maximum Gasteiger partial charge on any atom is 0.165 e. The first kappa shape index (κ1) is 18.0. The van der Waals surface area contributed by atoms with Gasteiger partial charge in [0.1, 0.15) is 0 Å². The minimum absolute atomic E-state index is 0.113. The van der Waals surface area contributed by atoms with Gasteiger partial charge in [0.05, 0.1) is 12.1 Å². The Morgan fingerprint density at radius 3 is 1.62 bits per heavy atom. The molecule has 0 heterocycles. The van der Waals surface area contributed by atoms with E-state index in [0.717, 1.165) is 25.7 Å². The summed E-state index contributed by atoms with van der Waals surface area (Å²) in [7, 11) is 0. The van der Waals surface area contributed by atoms with Gasteiger partial charge in [-0.25, -0.2) is 8.78 Å². The zero-order valence-corrected chi connectivity index (χ0v) is 14.1. The number of halogens is 2. The van der Waals surface area contributed by atoms with Crippen LogP contribution in [0.4, 0.5) is 8.78 Å². The minimum atomic E-state index is -0.686. The first-order valence-electron chi connectivity index (χ1n) is 8.57. The fraction of sp³-hybridized carbons (Fsp3) is 0.300. The number of para-hydroxylation sites is 2. The highest BCUT2D eigenvalue weighted by Crippen LogP contribution is 2.26.